The Morgan fingerprint density at radius 1 is 1.64 bits per heavy atom. The second-order valence-electron chi connectivity index (χ2n) is 2.15. The third kappa shape index (κ3) is 2.06. The molecule has 0 aliphatic rings. The van der Waals surface area contributed by atoms with Crippen molar-refractivity contribution in [3.63, 3.8) is 0 Å². The molecule has 0 fully saturated rings. The molecule has 2 N–H and O–H groups in total. The summed E-state index contributed by atoms with van der Waals surface area (Å²) in [5.74, 6) is 0. The summed E-state index contributed by atoms with van der Waals surface area (Å²) in [6.45, 7) is -0.0383. The Balaban J connectivity index is 3.03. The molecule has 0 amide bonds. The zero-order chi connectivity index (χ0) is 8.27. The van der Waals surface area contributed by atoms with E-state index in [1.54, 1.807) is 6.07 Å². The lowest BCUT2D eigenvalue weighted by Gasteiger charge is -1.95. The van der Waals surface area contributed by atoms with Gasteiger partial charge in [0.05, 0.1) is 5.02 Å². The highest BCUT2D eigenvalue weighted by molar-refractivity contribution is 6.30. The van der Waals surface area contributed by atoms with Crippen LogP contribution in [0.4, 0.5) is 0 Å². The van der Waals surface area contributed by atoms with Crippen LogP contribution < -0.4 is 5.56 Å². The van der Waals surface area contributed by atoms with Gasteiger partial charge in [0, 0.05) is 24.8 Å². The predicted octanol–water partition coefficient (Wildman–Crippen LogP) is 0.563. The van der Waals surface area contributed by atoms with Gasteiger partial charge in [-0.3, -0.25) is 4.79 Å². The molecule has 1 rings (SSSR count). The summed E-state index contributed by atoms with van der Waals surface area (Å²) in [6, 6.07) is 1.55. The summed E-state index contributed by atoms with van der Waals surface area (Å²) in [5.41, 5.74) is 0.323. The van der Waals surface area contributed by atoms with Crippen molar-refractivity contribution in [3.8, 4) is 0 Å². The Morgan fingerprint density at radius 2 is 2.36 bits per heavy atom. The molecule has 1 aromatic heterocycles. The van der Waals surface area contributed by atoms with Crippen molar-refractivity contribution in [3.05, 3.63) is 33.2 Å². The van der Waals surface area contributed by atoms with Gasteiger partial charge in [-0.15, -0.1) is 0 Å². The zero-order valence-electron chi connectivity index (χ0n) is 5.80. The molecule has 0 bridgehead atoms. The molecule has 4 heteroatoms. The van der Waals surface area contributed by atoms with Gasteiger partial charge in [0.2, 0.25) is 0 Å². The average Bonchev–Trinajstić information content (AvgIpc) is 1.98. The SMILES string of the molecule is O=c1[nH]cc(Cl)cc1CCO. The van der Waals surface area contributed by atoms with Crippen LogP contribution in [0.1, 0.15) is 5.56 Å². The minimum Gasteiger partial charge on any atom is -0.396 e. The normalized spacial score (nSPS) is 10.0. The molecule has 0 atom stereocenters. The molecule has 0 spiro atoms. The summed E-state index contributed by atoms with van der Waals surface area (Å²) in [4.78, 5) is 13.4. The Hall–Kier alpha value is -0.800. The van der Waals surface area contributed by atoms with Crippen molar-refractivity contribution in [1.82, 2.24) is 4.98 Å². The van der Waals surface area contributed by atoms with E-state index in [2.05, 4.69) is 4.98 Å². The van der Waals surface area contributed by atoms with E-state index in [9.17, 15) is 4.79 Å². The Kier molecular flexibility index (Phi) is 2.68. The highest BCUT2D eigenvalue weighted by Gasteiger charge is 1.98. The van der Waals surface area contributed by atoms with E-state index in [1.807, 2.05) is 0 Å². The Bertz CT molecular complexity index is 295. The van der Waals surface area contributed by atoms with Crippen LogP contribution in [0.2, 0.25) is 5.02 Å². The van der Waals surface area contributed by atoms with Gasteiger partial charge in [0.15, 0.2) is 0 Å². The monoisotopic (exact) mass is 173 g/mol. The van der Waals surface area contributed by atoms with Gasteiger partial charge in [-0.25, -0.2) is 0 Å². The molecule has 3 nitrogen and oxygen atoms in total. The number of aliphatic hydroxyl groups excluding tert-OH is 1. The molecular weight excluding hydrogens is 166 g/mol. The van der Waals surface area contributed by atoms with Crippen molar-refractivity contribution in [2.75, 3.05) is 6.61 Å². The molecule has 1 aromatic rings. The lowest BCUT2D eigenvalue weighted by Crippen LogP contribution is -2.12. The Morgan fingerprint density at radius 3 is 3.00 bits per heavy atom. The first-order valence-electron chi connectivity index (χ1n) is 3.22. The molecule has 0 radical (unpaired) electrons. The molecule has 0 aromatic carbocycles. The first kappa shape index (κ1) is 8.30. The predicted molar refractivity (Wildman–Crippen MR) is 42.9 cm³/mol. The van der Waals surface area contributed by atoms with Crippen molar-refractivity contribution in [2.24, 2.45) is 0 Å². The molecule has 0 saturated heterocycles. The summed E-state index contributed by atoms with van der Waals surface area (Å²) < 4.78 is 0. The number of rotatable bonds is 2. The van der Waals surface area contributed by atoms with Gasteiger partial charge in [-0.2, -0.15) is 0 Å². The molecule has 0 saturated carbocycles. The highest BCUT2D eigenvalue weighted by Crippen LogP contribution is 2.04. The molecule has 60 valence electrons. The number of hydrogen-bond donors (Lipinski definition) is 2. The van der Waals surface area contributed by atoms with Gasteiger partial charge in [0.1, 0.15) is 0 Å². The number of aromatic nitrogens is 1. The van der Waals surface area contributed by atoms with Gasteiger partial charge in [-0.05, 0) is 6.07 Å². The number of aliphatic hydroxyl groups is 1. The van der Waals surface area contributed by atoms with Gasteiger partial charge < -0.3 is 10.1 Å². The van der Waals surface area contributed by atoms with Crippen LogP contribution >= 0.6 is 11.6 Å². The van der Waals surface area contributed by atoms with Crippen LogP contribution in [0.25, 0.3) is 0 Å². The van der Waals surface area contributed by atoms with Crippen molar-refractivity contribution >= 4 is 11.6 Å². The standard InChI is InChI=1S/C7H8ClNO2/c8-6-3-5(1-2-10)7(11)9-4-6/h3-4,10H,1-2H2,(H,9,11). The van der Waals surface area contributed by atoms with E-state index in [0.717, 1.165) is 0 Å². The maximum Gasteiger partial charge on any atom is 0.251 e. The molecule has 0 aliphatic carbocycles. The summed E-state index contributed by atoms with van der Waals surface area (Å²) >= 11 is 5.60. The highest BCUT2D eigenvalue weighted by atomic mass is 35.5. The number of pyridine rings is 1. The minimum absolute atomic E-state index is 0.0383. The third-order valence-corrected chi connectivity index (χ3v) is 1.54. The van der Waals surface area contributed by atoms with Crippen molar-refractivity contribution in [2.45, 2.75) is 6.42 Å². The molecule has 0 unspecified atom stereocenters. The lowest BCUT2D eigenvalue weighted by molar-refractivity contribution is 0.299. The second kappa shape index (κ2) is 3.55. The summed E-state index contributed by atoms with van der Waals surface area (Å²) in [6.07, 6.45) is 1.76. The topological polar surface area (TPSA) is 53.1 Å². The lowest BCUT2D eigenvalue weighted by atomic mass is 10.2. The number of H-pyrrole nitrogens is 1. The van der Waals surface area contributed by atoms with E-state index >= 15 is 0 Å². The van der Waals surface area contributed by atoms with E-state index < -0.39 is 0 Å². The van der Waals surface area contributed by atoms with E-state index in [4.69, 9.17) is 16.7 Å². The van der Waals surface area contributed by atoms with Crippen LogP contribution in [-0.4, -0.2) is 16.7 Å². The zero-order valence-corrected chi connectivity index (χ0v) is 6.56. The fourth-order valence-corrected chi connectivity index (χ4v) is 0.993. The molecular formula is C7H8ClNO2. The number of nitrogens with one attached hydrogen (secondary N) is 1. The van der Waals surface area contributed by atoms with Crippen LogP contribution in [0.3, 0.4) is 0 Å². The number of halogens is 1. The Labute approximate surface area is 68.6 Å². The molecule has 0 aliphatic heterocycles. The van der Waals surface area contributed by atoms with Gasteiger partial charge in [0.25, 0.3) is 5.56 Å². The fourth-order valence-electron chi connectivity index (χ4n) is 0.807. The number of hydrogen-bond acceptors (Lipinski definition) is 2. The van der Waals surface area contributed by atoms with Crippen LogP contribution in [0, 0.1) is 0 Å². The second-order valence-corrected chi connectivity index (χ2v) is 2.58. The van der Waals surface area contributed by atoms with E-state index in [-0.39, 0.29) is 12.2 Å². The summed E-state index contributed by atoms with van der Waals surface area (Å²) in [7, 11) is 0. The maximum atomic E-state index is 10.9. The minimum atomic E-state index is -0.191. The van der Waals surface area contributed by atoms with Crippen LogP contribution in [-0.2, 0) is 6.42 Å². The van der Waals surface area contributed by atoms with E-state index in [1.165, 1.54) is 6.20 Å². The van der Waals surface area contributed by atoms with Crippen LogP contribution in [0.15, 0.2) is 17.1 Å². The smallest absolute Gasteiger partial charge is 0.251 e. The first-order chi connectivity index (χ1) is 5.24. The largest absolute Gasteiger partial charge is 0.396 e. The quantitative estimate of drug-likeness (QED) is 0.687. The van der Waals surface area contributed by atoms with Gasteiger partial charge in [-0.1, -0.05) is 11.6 Å². The van der Waals surface area contributed by atoms with Crippen molar-refractivity contribution < 1.29 is 5.11 Å². The maximum absolute atomic E-state index is 10.9. The third-order valence-electron chi connectivity index (χ3n) is 1.33. The fraction of sp³-hybridized carbons (Fsp3) is 0.286. The van der Waals surface area contributed by atoms with Gasteiger partial charge >= 0.3 is 0 Å². The summed E-state index contributed by atoms with van der Waals surface area (Å²) in [5, 5.41) is 9.02. The van der Waals surface area contributed by atoms with Crippen LogP contribution in [0.5, 0.6) is 0 Å². The number of aromatic amines is 1. The average molecular weight is 174 g/mol. The first-order valence-corrected chi connectivity index (χ1v) is 3.60. The molecule has 11 heavy (non-hydrogen) atoms. The van der Waals surface area contributed by atoms with E-state index in [0.29, 0.717) is 17.0 Å². The van der Waals surface area contributed by atoms with Crippen molar-refractivity contribution in [1.29, 1.82) is 0 Å². The molecule has 1 heterocycles.